The lowest BCUT2D eigenvalue weighted by atomic mass is 10.1. The average Bonchev–Trinajstić information content (AvgIpc) is 3.20. The molecule has 2 heterocycles. The third kappa shape index (κ3) is 7.01. The van der Waals surface area contributed by atoms with Gasteiger partial charge in [0, 0.05) is 37.1 Å². The molecule has 4 aromatic rings. The van der Waals surface area contributed by atoms with Gasteiger partial charge in [0.2, 0.25) is 11.8 Å². The number of rotatable bonds is 7. The lowest BCUT2D eigenvalue weighted by Gasteiger charge is -2.20. The zero-order valence-electron chi connectivity index (χ0n) is 20.7. The molecule has 2 aromatic carbocycles. The van der Waals surface area contributed by atoms with Crippen LogP contribution in [-0.2, 0) is 17.4 Å². The Labute approximate surface area is 216 Å². The second kappa shape index (κ2) is 10.4. The highest BCUT2D eigenvalue weighted by Crippen LogP contribution is 2.35. The Bertz CT molecular complexity index is 1410. The van der Waals surface area contributed by atoms with Crippen LogP contribution in [-0.4, -0.2) is 32.9 Å². The average molecular weight is 530 g/mol. The number of benzene rings is 2. The van der Waals surface area contributed by atoms with Gasteiger partial charge >= 0.3 is 6.18 Å². The lowest BCUT2D eigenvalue weighted by molar-refractivity contribution is -0.137. The van der Waals surface area contributed by atoms with Crippen molar-refractivity contribution in [2.45, 2.75) is 45.8 Å². The molecule has 0 saturated carbocycles. The summed E-state index contributed by atoms with van der Waals surface area (Å²) in [7, 11) is 0. The molecule has 1 amide bonds. The van der Waals surface area contributed by atoms with Crippen LogP contribution in [0.1, 0.15) is 39.1 Å². The zero-order chi connectivity index (χ0) is 26.8. The number of anilines is 1. The number of alkyl halides is 3. The number of fused-ring (bicyclic) bond motifs is 1. The molecule has 0 spiro atoms. The van der Waals surface area contributed by atoms with Gasteiger partial charge in [-0.15, -0.1) is 0 Å². The fourth-order valence-corrected chi connectivity index (χ4v) is 4.42. The first-order chi connectivity index (χ1) is 17.4. The summed E-state index contributed by atoms with van der Waals surface area (Å²) in [5, 5.41) is 6.50. The number of carbonyl (C=O) groups is 1. The molecule has 194 valence electrons. The third-order valence-electron chi connectivity index (χ3n) is 5.14. The van der Waals surface area contributed by atoms with Crippen LogP contribution in [0.4, 0.5) is 18.3 Å². The Morgan fingerprint density at radius 2 is 1.76 bits per heavy atom. The van der Waals surface area contributed by atoms with Gasteiger partial charge in [-0.25, -0.2) is 9.97 Å². The molecule has 0 bridgehead atoms. The number of carbonyl (C=O) groups excluding carboxylic acids is 1. The number of hydrogen-bond acceptors (Lipinski definition) is 7. The minimum atomic E-state index is -4.43. The van der Waals surface area contributed by atoms with Crippen LogP contribution in [0.5, 0.6) is 11.6 Å². The highest BCUT2D eigenvalue weighted by molar-refractivity contribution is 7.22. The van der Waals surface area contributed by atoms with Gasteiger partial charge in [0.05, 0.1) is 16.0 Å². The maximum absolute atomic E-state index is 13.0. The van der Waals surface area contributed by atoms with Gasteiger partial charge in [-0.05, 0) is 45.0 Å². The van der Waals surface area contributed by atoms with Crippen molar-refractivity contribution >= 4 is 32.6 Å². The van der Waals surface area contributed by atoms with Crippen molar-refractivity contribution in [3.05, 3.63) is 59.9 Å². The number of halogens is 3. The fourth-order valence-electron chi connectivity index (χ4n) is 3.49. The van der Waals surface area contributed by atoms with Gasteiger partial charge < -0.3 is 15.4 Å². The van der Waals surface area contributed by atoms with E-state index in [-0.39, 0.29) is 17.3 Å². The highest BCUT2D eigenvalue weighted by atomic mass is 32.1. The third-order valence-corrected chi connectivity index (χ3v) is 6.08. The first kappa shape index (κ1) is 26.5. The van der Waals surface area contributed by atoms with Crippen LogP contribution in [0.2, 0.25) is 0 Å². The molecule has 0 radical (unpaired) electrons. The molecule has 0 saturated heterocycles. The molecule has 0 aliphatic heterocycles. The molecule has 0 aliphatic rings. The van der Waals surface area contributed by atoms with Crippen molar-refractivity contribution in [3.63, 3.8) is 0 Å². The second-order valence-corrected chi connectivity index (χ2v) is 10.4. The number of ether oxygens (including phenoxy) is 1. The predicted molar refractivity (Wildman–Crippen MR) is 138 cm³/mol. The van der Waals surface area contributed by atoms with Crippen molar-refractivity contribution < 1.29 is 22.7 Å². The Balaban J connectivity index is 1.69. The minimum Gasteiger partial charge on any atom is -0.437 e. The Morgan fingerprint density at radius 3 is 2.41 bits per heavy atom. The van der Waals surface area contributed by atoms with Crippen LogP contribution >= 0.6 is 11.3 Å². The van der Waals surface area contributed by atoms with E-state index in [1.54, 1.807) is 18.2 Å². The molecular weight excluding hydrogens is 503 g/mol. The van der Waals surface area contributed by atoms with Crippen LogP contribution < -0.4 is 15.4 Å². The second-order valence-electron chi connectivity index (χ2n) is 9.41. The maximum atomic E-state index is 13.0. The van der Waals surface area contributed by atoms with Crippen molar-refractivity contribution in [2.24, 2.45) is 0 Å². The van der Waals surface area contributed by atoms with E-state index in [1.165, 1.54) is 30.4 Å². The zero-order valence-corrected chi connectivity index (χ0v) is 21.5. The highest BCUT2D eigenvalue weighted by Gasteiger charge is 2.30. The van der Waals surface area contributed by atoms with E-state index in [4.69, 9.17) is 4.74 Å². The molecule has 0 aliphatic carbocycles. The van der Waals surface area contributed by atoms with E-state index in [0.29, 0.717) is 46.4 Å². The van der Waals surface area contributed by atoms with Crippen LogP contribution in [0, 0.1) is 0 Å². The van der Waals surface area contributed by atoms with Crippen LogP contribution in [0.25, 0.3) is 21.5 Å². The maximum Gasteiger partial charge on any atom is 0.416 e. The van der Waals surface area contributed by atoms with Crippen molar-refractivity contribution in [3.8, 4) is 22.9 Å². The van der Waals surface area contributed by atoms with Crippen molar-refractivity contribution in [1.82, 2.24) is 20.3 Å². The standard InChI is InChI=1S/C26H26F3N5O2S/c1-15(35)31-24-34-23-19(6-5-7-20(23)37-24)36-22-14-18(16-8-10-17(11-9-16)26(27,28)29)32-21(33-22)12-13-30-25(2,3)4/h5-11,14,30H,12-13H2,1-4H3,(H,31,34,35). The summed E-state index contributed by atoms with van der Waals surface area (Å²) in [5.41, 5.74) is 0.665. The fraction of sp³-hybridized carbons (Fsp3) is 0.308. The molecule has 0 atom stereocenters. The first-order valence-electron chi connectivity index (χ1n) is 11.5. The first-order valence-corrected chi connectivity index (χ1v) is 12.3. The summed E-state index contributed by atoms with van der Waals surface area (Å²) >= 11 is 1.31. The number of para-hydroxylation sites is 1. The molecule has 4 rings (SSSR count). The van der Waals surface area contributed by atoms with Gasteiger partial charge in [-0.1, -0.05) is 29.5 Å². The number of nitrogens with zero attached hydrogens (tertiary/aromatic N) is 3. The molecule has 0 unspecified atom stereocenters. The topological polar surface area (TPSA) is 89.0 Å². The molecule has 37 heavy (non-hydrogen) atoms. The number of nitrogens with one attached hydrogen (secondary N) is 2. The van der Waals surface area contributed by atoms with Gasteiger partial charge in [-0.2, -0.15) is 18.2 Å². The van der Waals surface area contributed by atoms with Gasteiger partial charge in [0.1, 0.15) is 11.3 Å². The van der Waals surface area contributed by atoms with E-state index in [2.05, 4.69) is 25.6 Å². The quantitative estimate of drug-likeness (QED) is 0.286. The van der Waals surface area contributed by atoms with Crippen molar-refractivity contribution in [2.75, 3.05) is 11.9 Å². The Kier molecular flexibility index (Phi) is 7.47. The summed E-state index contributed by atoms with van der Waals surface area (Å²) in [5.74, 6) is 0.916. The van der Waals surface area contributed by atoms with Crippen molar-refractivity contribution in [1.29, 1.82) is 0 Å². The number of thiazole rings is 1. The monoisotopic (exact) mass is 529 g/mol. The van der Waals surface area contributed by atoms with E-state index in [9.17, 15) is 18.0 Å². The minimum absolute atomic E-state index is 0.101. The Hall–Kier alpha value is -3.57. The smallest absolute Gasteiger partial charge is 0.416 e. The SMILES string of the molecule is CC(=O)Nc1nc2c(Oc3cc(-c4ccc(C(F)(F)F)cc4)nc(CCNC(C)(C)C)n3)cccc2s1. The summed E-state index contributed by atoms with van der Waals surface area (Å²) < 4.78 is 46.1. The summed E-state index contributed by atoms with van der Waals surface area (Å²) in [4.78, 5) is 25.0. The normalized spacial score (nSPS) is 12.1. The molecule has 2 N–H and O–H groups in total. The summed E-state index contributed by atoms with van der Waals surface area (Å²) in [6, 6.07) is 11.8. The molecule has 0 fully saturated rings. The summed E-state index contributed by atoms with van der Waals surface area (Å²) in [6.45, 7) is 8.14. The van der Waals surface area contributed by atoms with E-state index >= 15 is 0 Å². The van der Waals surface area contributed by atoms with E-state index in [0.717, 1.165) is 16.8 Å². The summed E-state index contributed by atoms with van der Waals surface area (Å²) in [6.07, 6.45) is -3.94. The molecule has 2 aromatic heterocycles. The van der Waals surface area contributed by atoms with Gasteiger partial charge in [0.15, 0.2) is 10.9 Å². The number of hydrogen-bond donors (Lipinski definition) is 2. The van der Waals surface area contributed by atoms with Gasteiger partial charge in [-0.3, -0.25) is 4.79 Å². The molecular formula is C26H26F3N5O2S. The van der Waals surface area contributed by atoms with E-state index in [1.807, 2.05) is 26.8 Å². The van der Waals surface area contributed by atoms with Crippen LogP contribution in [0.3, 0.4) is 0 Å². The lowest BCUT2D eigenvalue weighted by Crippen LogP contribution is -2.37. The van der Waals surface area contributed by atoms with Gasteiger partial charge in [0.25, 0.3) is 0 Å². The van der Waals surface area contributed by atoms with E-state index < -0.39 is 11.7 Å². The number of aromatic nitrogens is 3. The largest absolute Gasteiger partial charge is 0.437 e. The predicted octanol–water partition coefficient (Wildman–Crippen LogP) is 6.45. The van der Waals surface area contributed by atoms with Crippen LogP contribution in [0.15, 0.2) is 48.5 Å². The Morgan fingerprint density at radius 1 is 1.03 bits per heavy atom. The number of amides is 1. The molecule has 7 nitrogen and oxygen atoms in total. The molecule has 11 heteroatoms.